The van der Waals surface area contributed by atoms with Gasteiger partial charge in [-0.2, -0.15) is 0 Å². The van der Waals surface area contributed by atoms with Crippen molar-refractivity contribution in [1.82, 2.24) is 9.97 Å². The third kappa shape index (κ3) is 3.47. The van der Waals surface area contributed by atoms with Crippen LogP contribution in [0.15, 0.2) is 12.4 Å². The van der Waals surface area contributed by atoms with Gasteiger partial charge in [0.05, 0.1) is 19.0 Å². The first-order valence-corrected chi connectivity index (χ1v) is 4.88. The molecule has 0 unspecified atom stereocenters. The monoisotopic (exact) mass is 215 g/mol. The van der Waals surface area contributed by atoms with E-state index in [1.165, 1.54) is 6.20 Å². The van der Waals surface area contributed by atoms with Gasteiger partial charge >= 0.3 is 0 Å². The van der Waals surface area contributed by atoms with Crippen molar-refractivity contribution < 1.29 is 4.74 Å². The number of aromatic nitrogens is 2. The van der Waals surface area contributed by atoms with Gasteiger partial charge in [0.2, 0.25) is 0 Å². The lowest BCUT2D eigenvalue weighted by Crippen LogP contribution is -2.23. The predicted octanol–water partition coefficient (Wildman–Crippen LogP) is 1.60. The van der Waals surface area contributed by atoms with Gasteiger partial charge in [-0.05, 0) is 6.92 Å². The van der Waals surface area contributed by atoms with Gasteiger partial charge in [0, 0.05) is 20.2 Å². The van der Waals surface area contributed by atoms with E-state index in [1.807, 2.05) is 18.9 Å². The molecule has 0 bridgehead atoms. The number of likely N-dealkylation sites (N-methyl/N-ethyl adjacent to an activating group) is 1. The maximum absolute atomic E-state index is 5.72. The van der Waals surface area contributed by atoms with E-state index in [0.717, 1.165) is 19.0 Å². The first kappa shape index (κ1) is 11.2. The van der Waals surface area contributed by atoms with Crippen LogP contribution in [0.25, 0.3) is 0 Å². The van der Waals surface area contributed by atoms with Gasteiger partial charge in [-0.3, -0.25) is 4.98 Å². The van der Waals surface area contributed by atoms with Crippen LogP contribution in [0, 0.1) is 0 Å². The topological polar surface area (TPSA) is 38.2 Å². The fourth-order valence-electron chi connectivity index (χ4n) is 0.977. The minimum absolute atomic E-state index is 0.408. The van der Waals surface area contributed by atoms with Gasteiger partial charge in [0.25, 0.3) is 0 Å². The highest BCUT2D eigenvalue weighted by atomic mass is 35.5. The molecule has 0 atom stereocenters. The molecule has 0 amide bonds. The highest BCUT2D eigenvalue weighted by molar-refractivity contribution is 6.29. The number of nitrogens with zero attached hydrogens (tertiary/aromatic N) is 3. The summed E-state index contributed by atoms with van der Waals surface area (Å²) in [6.45, 7) is 4.16. The molecule has 1 aromatic rings. The molecular weight excluding hydrogens is 202 g/mol. The van der Waals surface area contributed by atoms with Crippen molar-refractivity contribution in [2.75, 3.05) is 31.7 Å². The molecule has 0 fully saturated rings. The largest absolute Gasteiger partial charge is 0.380 e. The van der Waals surface area contributed by atoms with Crippen molar-refractivity contribution in [2.24, 2.45) is 0 Å². The Bertz CT molecular complexity index is 283. The number of ether oxygens (including phenoxy) is 1. The molecule has 0 saturated heterocycles. The van der Waals surface area contributed by atoms with E-state index in [1.54, 1.807) is 6.20 Å². The minimum atomic E-state index is 0.408. The van der Waals surface area contributed by atoms with E-state index in [-0.39, 0.29) is 0 Å². The van der Waals surface area contributed by atoms with Crippen molar-refractivity contribution >= 4 is 17.4 Å². The van der Waals surface area contributed by atoms with Crippen LogP contribution in [0.3, 0.4) is 0 Å². The first-order valence-electron chi connectivity index (χ1n) is 4.50. The molecule has 14 heavy (non-hydrogen) atoms. The summed E-state index contributed by atoms with van der Waals surface area (Å²) >= 11 is 5.72. The smallest absolute Gasteiger partial charge is 0.149 e. The molecule has 4 nitrogen and oxygen atoms in total. The predicted molar refractivity (Wildman–Crippen MR) is 56.8 cm³/mol. The SMILES string of the molecule is CCOCCN(C)c1cncc(Cl)n1. The Morgan fingerprint density at radius 3 is 2.93 bits per heavy atom. The molecule has 78 valence electrons. The Hall–Kier alpha value is -0.870. The third-order valence-electron chi connectivity index (χ3n) is 1.76. The summed E-state index contributed by atoms with van der Waals surface area (Å²) in [5.41, 5.74) is 0. The zero-order chi connectivity index (χ0) is 10.4. The Morgan fingerprint density at radius 2 is 2.29 bits per heavy atom. The molecule has 0 aliphatic heterocycles. The van der Waals surface area contributed by atoms with E-state index in [2.05, 4.69) is 9.97 Å². The molecule has 0 spiro atoms. The number of halogens is 1. The summed E-state index contributed by atoms with van der Waals surface area (Å²) in [6.07, 6.45) is 3.19. The van der Waals surface area contributed by atoms with E-state index < -0.39 is 0 Å². The average Bonchev–Trinajstić information content (AvgIpc) is 2.18. The lowest BCUT2D eigenvalue weighted by Gasteiger charge is -2.17. The summed E-state index contributed by atoms with van der Waals surface area (Å²) in [7, 11) is 1.93. The lowest BCUT2D eigenvalue weighted by atomic mass is 10.5. The molecule has 0 aromatic carbocycles. The van der Waals surface area contributed by atoms with E-state index in [9.17, 15) is 0 Å². The van der Waals surface area contributed by atoms with Crippen molar-refractivity contribution in [2.45, 2.75) is 6.92 Å². The average molecular weight is 216 g/mol. The number of hydrogen-bond donors (Lipinski definition) is 0. The Balaban J connectivity index is 2.47. The third-order valence-corrected chi connectivity index (χ3v) is 1.94. The molecule has 1 heterocycles. The molecule has 0 saturated carbocycles. The summed E-state index contributed by atoms with van der Waals surface area (Å²) in [5.74, 6) is 0.761. The summed E-state index contributed by atoms with van der Waals surface area (Å²) in [4.78, 5) is 10.0. The van der Waals surface area contributed by atoms with E-state index in [0.29, 0.717) is 11.8 Å². The lowest BCUT2D eigenvalue weighted by molar-refractivity contribution is 0.154. The van der Waals surface area contributed by atoms with Gasteiger partial charge in [-0.15, -0.1) is 0 Å². The Morgan fingerprint density at radius 1 is 1.50 bits per heavy atom. The number of anilines is 1. The fraction of sp³-hybridized carbons (Fsp3) is 0.556. The van der Waals surface area contributed by atoms with Crippen LogP contribution in [0.2, 0.25) is 5.15 Å². The first-order chi connectivity index (χ1) is 6.74. The molecule has 0 radical (unpaired) electrons. The maximum Gasteiger partial charge on any atom is 0.149 e. The van der Waals surface area contributed by atoms with Crippen molar-refractivity contribution in [3.05, 3.63) is 17.5 Å². The maximum atomic E-state index is 5.72. The molecule has 1 rings (SSSR count). The van der Waals surface area contributed by atoms with Crippen LogP contribution in [-0.4, -0.2) is 36.8 Å². The van der Waals surface area contributed by atoms with E-state index in [4.69, 9.17) is 16.3 Å². The molecule has 0 aliphatic carbocycles. The van der Waals surface area contributed by atoms with E-state index >= 15 is 0 Å². The van der Waals surface area contributed by atoms with Crippen molar-refractivity contribution in [3.8, 4) is 0 Å². The van der Waals surface area contributed by atoms with Crippen molar-refractivity contribution in [3.63, 3.8) is 0 Å². The Kier molecular flexibility index (Phi) is 4.62. The van der Waals surface area contributed by atoms with Gasteiger partial charge in [-0.25, -0.2) is 4.98 Å². The molecule has 0 N–H and O–H groups in total. The van der Waals surface area contributed by atoms with Crippen LogP contribution >= 0.6 is 11.6 Å². The quantitative estimate of drug-likeness (QED) is 0.700. The Labute approximate surface area is 88.9 Å². The minimum Gasteiger partial charge on any atom is -0.380 e. The van der Waals surface area contributed by atoms with Gasteiger partial charge < -0.3 is 9.64 Å². The standard InChI is InChI=1S/C9H14ClN3O/c1-3-14-5-4-13(2)9-7-11-6-8(10)12-9/h6-7H,3-5H2,1-2H3. The molecule has 5 heteroatoms. The van der Waals surface area contributed by atoms with Gasteiger partial charge in [0.15, 0.2) is 0 Å². The second kappa shape index (κ2) is 5.78. The second-order valence-electron chi connectivity index (χ2n) is 2.82. The summed E-state index contributed by atoms with van der Waals surface area (Å²) < 4.78 is 5.23. The van der Waals surface area contributed by atoms with Crippen LogP contribution < -0.4 is 4.90 Å². The second-order valence-corrected chi connectivity index (χ2v) is 3.21. The zero-order valence-corrected chi connectivity index (χ0v) is 9.16. The molecule has 0 aliphatic rings. The van der Waals surface area contributed by atoms with Crippen LogP contribution in [-0.2, 0) is 4.74 Å². The highest BCUT2D eigenvalue weighted by Crippen LogP contribution is 2.10. The zero-order valence-electron chi connectivity index (χ0n) is 8.40. The summed E-state index contributed by atoms with van der Waals surface area (Å²) in [5, 5.41) is 0.408. The van der Waals surface area contributed by atoms with Crippen LogP contribution in [0.1, 0.15) is 6.92 Å². The summed E-state index contributed by atoms with van der Waals surface area (Å²) in [6, 6.07) is 0. The molecule has 1 aromatic heterocycles. The van der Waals surface area contributed by atoms with Crippen LogP contribution in [0.5, 0.6) is 0 Å². The normalized spacial score (nSPS) is 10.2. The molecular formula is C9H14ClN3O. The fourth-order valence-corrected chi connectivity index (χ4v) is 1.12. The van der Waals surface area contributed by atoms with Gasteiger partial charge in [0.1, 0.15) is 11.0 Å². The highest BCUT2D eigenvalue weighted by Gasteiger charge is 2.02. The number of rotatable bonds is 5. The van der Waals surface area contributed by atoms with Gasteiger partial charge in [-0.1, -0.05) is 11.6 Å². The van der Waals surface area contributed by atoms with Crippen molar-refractivity contribution in [1.29, 1.82) is 0 Å². The van der Waals surface area contributed by atoms with Crippen LogP contribution in [0.4, 0.5) is 5.82 Å². The number of hydrogen-bond acceptors (Lipinski definition) is 4.